The monoisotopic (exact) mass is 744 g/mol. The van der Waals surface area contributed by atoms with E-state index in [0.717, 1.165) is 27.2 Å². The molecule has 53 heavy (non-hydrogen) atoms. The van der Waals surface area contributed by atoms with E-state index in [4.69, 9.17) is 40.4 Å². The second-order valence-corrected chi connectivity index (χ2v) is 12.1. The fraction of sp³-hybridized carbons (Fsp3) is 0.0256. The molecular weight excluding hydrogens is 713 g/mol. The Morgan fingerprint density at radius 3 is 1.98 bits per heavy atom. The largest absolute Gasteiger partial charge is 0.507 e. The number of thiocarbonyl (C=S) groups is 2. The Labute approximate surface area is 314 Å². The molecule has 266 valence electrons. The first-order valence-electron chi connectivity index (χ1n) is 15.8. The number of fused-ring (bicyclic) bond motifs is 2. The molecule has 8 N–H and O–H groups in total. The molecule has 0 saturated heterocycles. The van der Waals surface area contributed by atoms with Crippen molar-refractivity contribution in [2.75, 3.05) is 10.3 Å². The topological polar surface area (TPSA) is 193 Å². The Hall–Kier alpha value is -6.90. The molecule has 0 radical (unpaired) electrons. The van der Waals surface area contributed by atoms with Crippen LogP contribution in [0.4, 0.5) is 11.4 Å². The maximum atomic E-state index is 11.0. The number of phenols is 2. The molecule has 6 rings (SSSR count). The van der Waals surface area contributed by atoms with Crippen molar-refractivity contribution < 1.29 is 30.0 Å². The van der Waals surface area contributed by atoms with E-state index in [1.807, 2.05) is 72.8 Å². The summed E-state index contributed by atoms with van der Waals surface area (Å²) in [5.74, 6) is -2.21. The average Bonchev–Trinajstić information content (AvgIpc) is 3.15. The second-order valence-electron chi connectivity index (χ2n) is 11.3. The Kier molecular flexibility index (Phi) is 11.9. The Morgan fingerprint density at radius 2 is 1.34 bits per heavy atom. The minimum atomic E-state index is -1.11. The van der Waals surface area contributed by atoms with Crippen LogP contribution in [0.2, 0.25) is 0 Å². The van der Waals surface area contributed by atoms with Gasteiger partial charge in [-0.2, -0.15) is 10.2 Å². The number of nitrogens with zero attached hydrogens (tertiary/aromatic N) is 3. The number of carboxylic acids is 2. The van der Waals surface area contributed by atoms with Gasteiger partial charge in [-0.15, -0.1) is 0 Å². The minimum absolute atomic E-state index is 0.00477. The lowest BCUT2D eigenvalue weighted by Gasteiger charge is -2.17. The maximum absolute atomic E-state index is 11.0. The van der Waals surface area contributed by atoms with Gasteiger partial charge in [-0.3, -0.25) is 5.43 Å². The number of aromatic hydroxyl groups is 2. The van der Waals surface area contributed by atoms with Crippen LogP contribution in [0.1, 0.15) is 38.8 Å². The fourth-order valence-electron chi connectivity index (χ4n) is 5.18. The highest BCUT2D eigenvalue weighted by atomic mass is 32.1. The number of hydrogen-bond acceptors (Lipinski definition) is 8. The van der Waals surface area contributed by atoms with Crippen LogP contribution in [0, 0.1) is 0 Å². The van der Waals surface area contributed by atoms with Gasteiger partial charge in [-0.1, -0.05) is 66.7 Å². The number of benzene rings is 6. The Bertz CT molecular complexity index is 2410. The molecule has 0 atom stereocenters. The van der Waals surface area contributed by atoms with Crippen molar-refractivity contribution >= 4 is 91.4 Å². The van der Waals surface area contributed by atoms with Crippen molar-refractivity contribution in [3.63, 3.8) is 0 Å². The smallest absolute Gasteiger partial charge is 0.335 e. The zero-order valence-corrected chi connectivity index (χ0v) is 29.6. The van der Waals surface area contributed by atoms with Crippen LogP contribution >= 0.6 is 24.4 Å². The highest BCUT2D eigenvalue weighted by molar-refractivity contribution is 7.80. The van der Waals surface area contributed by atoms with Crippen LogP contribution in [-0.2, 0) is 0 Å². The van der Waals surface area contributed by atoms with E-state index in [2.05, 4.69) is 20.9 Å². The van der Waals surface area contributed by atoms with Gasteiger partial charge in [0.05, 0.1) is 28.7 Å². The normalized spacial score (nSPS) is 11.1. The van der Waals surface area contributed by atoms with Crippen LogP contribution in [0.3, 0.4) is 0 Å². The molecule has 0 aliphatic carbocycles. The van der Waals surface area contributed by atoms with Gasteiger partial charge in [0, 0.05) is 22.2 Å². The van der Waals surface area contributed by atoms with Crippen molar-refractivity contribution in [3.05, 3.63) is 144 Å². The van der Waals surface area contributed by atoms with Crippen molar-refractivity contribution in [1.82, 2.24) is 5.43 Å². The number of hydrazone groups is 2. The van der Waals surface area contributed by atoms with Crippen molar-refractivity contribution in [2.24, 2.45) is 15.9 Å². The predicted molar refractivity (Wildman–Crippen MR) is 216 cm³/mol. The van der Waals surface area contributed by atoms with Gasteiger partial charge in [-0.25, -0.2) is 14.6 Å². The number of nitrogens with two attached hydrogens (primary N) is 1. The van der Waals surface area contributed by atoms with Gasteiger partial charge < -0.3 is 31.5 Å². The number of anilines is 2. The molecule has 0 heterocycles. The molecule has 0 fully saturated rings. The number of hydrogen-bond donors (Lipinski definition) is 7. The lowest BCUT2D eigenvalue weighted by atomic mass is 10.0. The molecule has 6 aromatic rings. The van der Waals surface area contributed by atoms with Gasteiger partial charge >= 0.3 is 11.9 Å². The highest BCUT2D eigenvalue weighted by Gasteiger charge is 2.12. The summed E-state index contributed by atoms with van der Waals surface area (Å²) in [6, 6.07) is 34.9. The highest BCUT2D eigenvalue weighted by Crippen LogP contribution is 2.27. The lowest BCUT2D eigenvalue weighted by molar-refractivity contribution is 0.0686. The Balaban J connectivity index is 0.000000204. The third-order valence-electron chi connectivity index (χ3n) is 7.82. The molecule has 0 aliphatic heterocycles. The maximum Gasteiger partial charge on any atom is 0.335 e. The predicted octanol–water partition coefficient (Wildman–Crippen LogP) is 7.28. The second kappa shape index (κ2) is 16.9. The quantitative estimate of drug-likeness (QED) is 0.0469. The average molecular weight is 745 g/mol. The zero-order valence-electron chi connectivity index (χ0n) is 28.0. The van der Waals surface area contributed by atoms with Crippen LogP contribution in [0.25, 0.3) is 21.5 Å². The number of carbonyl (C=O) groups is 2. The summed E-state index contributed by atoms with van der Waals surface area (Å²) in [4.78, 5) is 21.9. The van der Waals surface area contributed by atoms with Crippen LogP contribution in [-0.4, -0.2) is 54.5 Å². The number of nitrogens with one attached hydrogen (secondary N) is 2. The van der Waals surface area contributed by atoms with Gasteiger partial charge in [0.15, 0.2) is 10.2 Å². The van der Waals surface area contributed by atoms with Crippen LogP contribution in [0.15, 0.2) is 132 Å². The number of rotatable bonds is 8. The van der Waals surface area contributed by atoms with Gasteiger partial charge in [0.25, 0.3) is 0 Å². The molecule has 0 amide bonds. The number of aromatic carboxylic acids is 2. The number of phenolic OH excluding ortho intramolecular Hbond substituents is 2. The molecule has 0 aromatic heterocycles. The van der Waals surface area contributed by atoms with Crippen LogP contribution in [0.5, 0.6) is 11.5 Å². The summed E-state index contributed by atoms with van der Waals surface area (Å²) < 4.78 is 0. The zero-order chi connectivity index (χ0) is 38.1. The summed E-state index contributed by atoms with van der Waals surface area (Å²) in [7, 11) is 0. The lowest BCUT2D eigenvalue weighted by Crippen LogP contribution is -2.31. The summed E-state index contributed by atoms with van der Waals surface area (Å²) in [5, 5.41) is 55.2. The summed E-state index contributed by atoms with van der Waals surface area (Å²) in [5.41, 5.74) is 11.4. The molecule has 0 unspecified atom stereocenters. The standard InChI is InChI=1S/C20H17N3O3S.C19H15N3O3S/c1-12(15-10-9-14(19(25)26)11-18(15)24)22-23-20(27)21-17-8-4-6-13-5-2-3-7-16(13)17;20-19(26)22(14-8-5-13(6-9-14)18(24)25)21-11-16-15-4-2-1-3-12(15)7-10-17(16)23/h2-11,24H,1H3,(H,25,26)(H2,21,23,27);1-11,23H,(H2,20,26)(H,24,25). The molecule has 14 heteroatoms. The first-order valence-corrected chi connectivity index (χ1v) is 16.6. The molecule has 0 bridgehead atoms. The van der Waals surface area contributed by atoms with Gasteiger partial charge in [0.1, 0.15) is 11.5 Å². The Morgan fingerprint density at radius 1 is 0.736 bits per heavy atom. The number of carboxylic acid groups (broad SMARTS) is 2. The third-order valence-corrected chi connectivity index (χ3v) is 8.18. The summed E-state index contributed by atoms with van der Waals surface area (Å²) in [6.07, 6.45) is 1.47. The van der Waals surface area contributed by atoms with E-state index in [1.165, 1.54) is 41.6 Å². The van der Waals surface area contributed by atoms with Crippen molar-refractivity contribution in [2.45, 2.75) is 6.92 Å². The first-order chi connectivity index (χ1) is 25.4. The molecular formula is C39H32N6O6S2. The van der Waals surface area contributed by atoms with Gasteiger partial charge in [-0.05, 0) is 102 Å². The van der Waals surface area contributed by atoms with E-state index >= 15 is 0 Å². The van der Waals surface area contributed by atoms with Crippen molar-refractivity contribution in [1.29, 1.82) is 0 Å². The van der Waals surface area contributed by atoms with Gasteiger partial charge in [0.2, 0.25) is 0 Å². The SMILES string of the molecule is CC(=NNC(=S)Nc1cccc2ccccc12)c1ccc(C(=O)O)cc1O.NC(=S)N(N=Cc1c(O)ccc2ccccc12)c1ccc(C(=O)O)cc1. The molecule has 6 aromatic carbocycles. The van der Waals surface area contributed by atoms with E-state index in [1.54, 1.807) is 25.1 Å². The molecule has 0 saturated carbocycles. The van der Waals surface area contributed by atoms with E-state index < -0.39 is 11.9 Å². The molecule has 12 nitrogen and oxygen atoms in total. The first kappa shape index (κ1) is 37.4. The van der Waals surface area contributed by atoms with E-state index in [9.17, 15) is 19.8 Å². The minimum Gasteiger partial charge on any atom is -0.507 e. The van der Waals surface area contributed by atoms with E-state index in [0.29, 0.717) is 27.6 Å². The summed E-state index contributed by atoms with van der Waals surface area (Å²) >= 11 is 10.3. The van der Waals surface area contributed by atoms with Crippen LogP contribution < -0.4 is 21.5 Å². The van der Waals surface area contributed by atoms with Crippen molar-refractivity contribution in [3.8, 4) is 11.5 Å². The molecule has 0 aliphatic rings. The van der Waals surface area contributed by atoms with E-state index in [-0.39, 0.29) is 27.7 Å². The summed E-state index contributed by atoms with van der Waals surface area (Å²) in [6.45, 7) is 1.68. The third kappa shape index (κ3) is 9.26. The fourth-order valence-corrected chi connectivity index (χ4v) is 5.49. The molecule has 0 spiro atoms.